The quantitative estimate of drug-likeness (QED) is 0.492. The Morgan fingerprint density at radius 2 is 1.53 bits per heavy atom. The number of amides is 2. The number of nitro groups is 1. The average molecular weight is 419 g/mol. The number of ether oxygens (including phenoxy) is 4. The fourth-order valence-corrected chi connectivity index (χ4v) is 2.77. The third kappa shape index (κ3) is 4.51. The van der Waals surface area contributed by atoms with Gasteiger partial charge in [-0.25, -0.2) is 0 Å². The van der Waals surface area contributed by atoms with E-state index in [4.69, 9.17) is 18.9 Å². The predicted octanol–water partition coefficient (Wildman–Crippen LogP) is 2.84. The molecule has 160 valence electrons. The lowest BCUT2D eigenvalue weighted by molar-refractivity contribution is -0.386. The molecule has 30 heavy (non-hydrogen) atoms. The van der Waals surface area contributed by atoms with Crippen molar-refractivity contribution >= 4 is 28.9 Å². The number of benzene rings is 2. The molecule has 0 bridgehead atoms. The maximum atomic E-state index is 12.9. The summed E-state index contributed by atoms with van der Waals surface area (Å²) < 4.78 is 20.6. The molecule has 2 aromatic rings. The van der Waals surface area contributed by atoms with Crippen LogP contribution in [0.1, 0.15) is 17.3 Å². The molecule has 0 saturated carbocycles. The molecule has 0 fully saturated rings. The van der Waals surface area contributed by atoms with Crippen molar-refractivity contribution in [2.24, 2.45) is 0 Å². The molecule has 0 aliphatic heterocycles. The van der Waals surface area contributed by atoms with Crippen molar-refractivity contribution in [2.75, 3.05) is 39.1 Å². The van der Waals surface area contributed by atoms with Gasteiger partial charge >= 0.3 is 5.69 Å². The van der Waals surface area contributed by atoms with Gasteiger partial charge in [-0.05, 0) is 18.2 Å². The number of hydrogen-bond donors (Lipinski definition) is 2. The number of nitrogens with zero attached hydrogens (tertiary/aromatic N) is 1. The van der Waals surface area contributed by atoms with Crippen molar-refractivity contribution in [3.63, 3.8) is 0 Å². The Bertz CT molecular complexity index is 990. The SMILES string of the molecule is COc1ccc(NC(=O)c2cc(OC)c(OC)c(OC)c2[N+](=O)[O-])cc1NC(C)=O. The van der Waals surface area contributed by atoms with Crippen LogP contribution >= 0.6 is 0 Å². The number of hydrogen-bond acceptors (Lipinski definition) is 8. The second-order valence-electron chi connectivity index (χ2n) is 5.85. The Labute approximate surface area is 172 Å². The topological polar surface area (TPSA) is 138 Å². The van der Waals surface area contributed by atoms with Crippen LogP contribution in [-0.4, -0.2) is 45.2 Å². The Kier molecular flexibility index (Phi) is 7.02. The minimum absolute atomic E-state index is 0.0133. The first-order chi connectivity index (χ1) is 14.3. The summed E-state index contributed by atoms with van der Waals surface area (Å²) in [6.07, 6.45) is 0. The summed E-state index contributed by atoms with van der Waals surface area (Å²) in [6.45, 7) is 1.32. The second-order valence-corrected chi connectivity index (χ2v) is 5.85. The van der Waals surface area contributed by atoms with Crippen LogP contribution in [0.25, 0.3) is 0 Å². The van der Waals surface area contributed by atoms with E-state index < -0.39 is 16.5 Å². The van der Waals surface area contributed by atoms with Gasteiger partial charge in [-0.1, -0.05) is 0 Å². The molecule has 2 rings (SSSR count). The molecule has 0 heterocycles. The molecule has 0 aliphatic carbocycles. The van der Waals surface area contributed by atoms with Gasteiger partial charge < -0.3 is 29.6 Å². The van der Waals surface area contributed by atoms with Crippen LogP contribution in [0.3, 0.4) is 0 Å². The maximum absolute atomic E-state index is 12.9. The first kappa shape index (κ1) is 22.3. The lowest BCUT2D eigenvalue weighted by Crippen LogP contribution is -2.16. The molecule has 0 radical (unpaired) electrons. The first-order valence-electron chi connectivity index (χ1n) is 8.51. The molecule has 11 nitrogen and oxygen atoms in total. The third-order valence-corrected chi connectivity index (χ3v) is 4.00. The molecule has 0 atom stereocenters. The third-order valence-electron chi connectivity index (χ3n) is 4.00. The van der Waals surface area contributed by atoms with Gasteiger partial charge in [-0.3, -0.25) is 19.7 Å². The van der Waals surface area contributed by atoms with Crippen LogP contribution < -0.4 is 29.6 Å². The molecule has 0 aromatic heterocycles. The number of nitrogens with one attached hydrogen (secondary N) is 2. The minimum Gasteiger partial charge on any atom is -0.495 e. The highest BCUT2D eigenvalue weighted by molar-refractivity contribution is 6.09. The van der Waals surface area contributed by atoms with Crippen molar-refractivity contribution in [2.45, 2.75) is 6.92 Å². The number of carbonyl (C=O) groups is 2. The first-order valence-corrected chi connectivity index (χ1v) is 8.51. The zero-order valence-corrected chi connectivity index (χ0v) is 17.0. The molecule has 2 amide bonds. The van der Waals surface area contributed by atoms with Crippen LogP contribution in [-0.2, 0) is 4.79 Å². The van der Waals surface area contributed by atoms with Gasteiger partial charge in [0.1, 0.15) is 11.3 Å². The van der Waals surface area contributed by atoms with Gasteiger partial charge in [0.15, 0.2) is 5.75 Å². The fourth-order valence-electron chi connectivity index (χ4n) is 2.77. The summed E-state index contributed by atoms with van der Waals surface area (Å²) in [4.78, 5) is 35.2. The Balaban J connectivity index is 2.53. The Hall–Kier alpha value is -4.02. The van der Waals surface area contributed by atoms with Gasteiger partial charge in [-0.2, -0.15) is 0 Å². The largest absolute Gasteiger partial charge is 0.495 e. The lowest BCUT2D eigenvalue weighted by atomic mass is 10.1. The Morgan fingerprint density at radius 3 is 2.03 bits per heavy atom. The number of rotatable bonds is 8. The van der Waals surface area contributed by atoms with Crippen LogP contribution in [0.4, 0.5) is 17.1 Å². The molecule has 0 saturated heterocycles. The van der Waals surface area contributed by atoms with E-state index in [1.165, 1.54) is 59.6 Å². The standard InChI is InChI=1S/C19H21N3O8/c1-10(23)20-13-8-11(6-7-14(13)27-2)21-19(24)12-9-15(28-3)17(29-4)18(30-5)16(12)22(25)26/h6-9H,1-5H3,(H,20,23)(H,21,24). The number of carbonyl (C=O) groups excluding carboxylic acids is 2. The summed E-state index contributed by atoms with van der Waals surface area (Å²) in [5.74, 6) is -0.932. The van der Waals surface area contributed by atoms with Crippen LogP contribution in [0.15, 0.2) is 24.3 Å². The van der Waals surface area contributed by atoms with E-state index >= 15 is 0 Å². The smallest absolute Gasteiger partial charge is 0.327 e. The monoisotopic (exact) mass is 419 g/mol. The van der Waals surface area contributed by atoms with Crippen LogP contribution in [0.2, 0.25) is 0 Å². The Morgan fingerprint density at radius 1 is 0.900 bits per heavy atom. The van der Waals surface area contributed by atoms with Crippen LogP contribution in [0, 0.1) is 10.1 Å². The van der Waals surface area contributed by atoms with Gasteiger partial charge in [0.2, 0.25) is 17.4 Å². The highest BCUT2D eigenvalue weighted by atomic mass is 16.6. The summed E-state index contributed by atoms with van der Waals surface area (Å²) in [6, 6.07) is 5.70. The van der Waals surface area contributed by atoms with Crippen LogP contribution in [0.5, 0.6) is 23.0 Å². The van der Waals surface area contributed by atoms with E-state index in [0.29, 0.717) is 11.4 Å². The zero-order valence-electron chi connectivity index (χ0n) is 17.0. The van der Waals surface area contributed by atoms with Crippen molar-refractivity contribution in [1.82, 2.24) is 0 Å². The van der Waals surface area contributed by atoms with Gasteiger partial charge in [-0.15, -0.1) is 0 Å². The number of methoxy groups -OCH3 is 4. The summed E-state index contributed by atoms with van der Waals surface area (Å²) >= 11 is 0. The van der Waals surface area contributed by atoms with Crippen molar-refractivity contribution in [3.05, 3.63) is 39.9 Å². The number of nitro benzene ring substituents is 1. The second kappa shape index (κ2) is 9.45. The summed E-state index contributed by atoms with van der Waals surface area (Å²) in [7, 11) is 5.27. The average Bonchev–Trinajstić information content (AvgIpc) is 2.71. The summed E-state index contributed by atoms with van der Waals surface area (Å²) in [5.41, 5.74) is -0.288. The minimum atomic E-state index is -0.792. The van der Waals surface area contributed by atoms with Gasteiger partial charge in [0, 0.05) is 18.7 Å². The number of anilines is 2. The molecule has 11 heteroatoms. The van der Waals surface area contributed by atoms with E-state index in [0.717, 1.165) is 0 Å². The molecule has 2 N–H and O–H groups in total. The highest BCUT2D eigenvalue weighted by Crippen LogP contribution is 2.46. The lowest BCUT2D eigenvalue weighted by Gasteiger charge is -2.15. The molecule has 2 aromatic carbocycles. The predicted molar refractivity (Wildman–Crippen MR) is 108 cm³/mol. The normalized spacial score (nSPS) is 10.0. The van der Waals surface area contributed by atoms with E-state index in [1.807, 2.05) is 0 Å². The zero-order chi connectivity index (χ0) is 22.4. The molecule has 0 unspecified atom stereocenters. The molecule has 0 spiro atoms. The maximum Gasteiger partial charge on any atom is 0.327 e. The molecular weight excluding hydrogens is 398 g/mol. The fraction of sp³-hybridized carbons (Fsp3) is 0.263. The van der Waals surface area contributed by atoms with Crippen molar-refractivity contribution in [1.29, 1.82) is 0 Å². The van der Waals surface area contributed by atoms with E-state index in [9.17, 15) is 19.7 Å². The van der Waals surface area contributed by atoms with Crippen molar-refractivity contribution in [3.8, 4) is 23.0 Å². The molecular formula is C19H21N3O8. The van der Waals surface area contributed by atoms with Crippen molar-refractivity contribution < 1.29 is 33.5 Å². The van der Waals surface area contributed by atoms with E-state index in [1.54, 1.807) is 0 Å². The van der Waals surface area contributed by atoms with Gasteiger partial charge in [0.05, 0.1) is 39.0 Å². The highest BCUT2D eigenvalue weighted by Gasteiger charge is 2.32. The molecule has 0 aliphatic rings. The van der Waals surface area contributed by atoms with E-state index in [-0.39, 0.29) is 34.4 Å². The summed E-state index contributed by atoms with van der Waals surface area (Å²) in [5, 5.41) is 16.8. The van der Waals surface area contributed by atoms with Gasteiger partial charge in [0.25, 0.3) is 5.91 Å². The van der Waals surface area contributed by atoms with E-state index in [2.05, 4.69) is 10.6 Å².